The zero-order chi connectivity index (χ0) is 28.4. The summed E-state index contributed by atoms with van der Waals surface area (Å²) in [6, 6.07) is 0. The standard InChI is InChI=1S/C31H46O8/c1-17(32)36-19-8-12-28(6)21-10-11-27(5)22(20(21)9-13-30(28,35)15-19)14-23-25(27)29(7)24(37-18(2)33)16-31(38-23,39-29)26(3,4)34/h9,13,19-25,34-35H,8,10-12,14-16H2,1-7H3/t19-,20+,21-,22-,23-,24+,25-,27-,28+,29-,30+,31-/m0/s1. The Morgan fingerprint density at radius 2 is 1.69 bits per heavy atom. The number of rotatable bonds is 3. The van der Waals surface area contributed by atoms with Crippen molar-refractivity contribution < 1.29 is 38.7 Å². The van der Waals surface area contributed by atoms with Crippen LogP contribution in [0.25, 0.3) is 0 Å². The van der Waals surface area contributed by atoms with Crippen LogP contribution in [0.1, 0.15) is 93.4 Å². The summed E-state index contributed by atoms with van der Waals surface area (Å²) in [4.78, 5) is 23.8. The fourth-order valence-corrected chi connectivity index (χ4v) is 10.4. The number of hydrogen-bond acceptors (Lipinski definition) is 8. The SMILES string of the molecule is CC(=O)O[C@H]1CC[C@]2(C)[C@H]3CC[C@@]4(C)[C@@H](C[C@@H]5O[C@@]6(C(C)(C)O)C[C@@H](OC(C)=O)[C@](C)(O6)[C@@H]54)[C@@H]3C=C[C@@]2(O)C1. The minimum atomic E-state index is -1.28. The molecule has 0 radical (unpaired) electrons. The molecule has 0 aromatic carbocycles. The van der Waals surface area contributed by atoms with Crippen LogP contribution in [0.5, 0.6) is 0 Å². The first kappa shape index (κ1) is 27.7. The average molecular weight is 547 g/mol. The first-order valence-electron chi connectivity index (χ1n) is 14.8. The van der Waals surface area contributed by atoms with E-state index < -0.39 is 28.7 Å². The molecule has 0 amide bonds. The van der Waals surface area contributed by atoms with E-state index >= 15 is 0 Å². The maximum Gasteiger partial charge on any atom is 0.303 e. The minimum absolute atomic E-state index is 0.00000539. The third kappa shape index (κ3) is 3.63. The van der Waals surface area contributed by atoms with Crippen molar-refractivity contribution in [2.24, 2.45) is 34.5 Å². The number of ether oxygens (including phenoxy) is 4. The maximum absolute atomic E-state index is 12.2. The number of carbonyl (C=O) groups excluding carboxylic acids is 2. The molecule has 0 aromatic rings. The lowest BCUT2D eigenvalue weighted by Crippen LogP contribution is -2.64. The molecular weight excluding hydrogens is 500 g/mol. The predicted molar refractivity (Wildman–Crippen MR) is 141 cm³/mol. The van der Waals surface area contributed by atoms with Crippen LogP contribution in [0, 0.1) is 34.5 Å². The van der Waals surface area contributed by atoms with Crippen LogP contribution in [0.2, 0.25) is 0 Å². The molecule has 2 saturated heterocycles. The van der Waals surface area contributed by atoms with Crippen LogP contribution in [-0.4, -0.2) is 63.1 Å². The fourth-order valence-electron chi connectivity index (χ4n) is 10.4. The second-order valence-corrected chi connectivity index (χ2v) is 14.8. The highest BCUT2D eigenvalue weighted by atomic mass is 16.8. The molecule has 8 nitrogen and oxygen atoms in total. The van der Waals surface area contributed by atoms with Gasteiger partial charge in [0.1, 0.15) is 23.4 Å². The van der Waals surface area contributed by atoms with Crippen molar-refractivity contribution in [1.29, 1.82) is 0 Å². The number of carbonyl (C=O) groups is 2. The molecule has 2 heterocycles. The summed E-state index contributed by atoms with van der Waals surface area (Å²) in [5.74, 6) is -1.03. The van der Waals surface area contributed by atoms with Gasteiger partial charge >= 0.3 is 11.9 Å². The molecule has 39 heavy (non-hydrogen) atoms. The molecule has 0 aromatic heterocycles. The molecule has 8 heteroatoms. The summed E-state index contributed by atoms with van der Waals surface area (Å²) in [6.45, 7) is 12.9. The van der Waals surface area contributed by atoms with Crippen molar-refractivity contribution in [2.75, 3.05) is 0 Å². The van der Waals surface area contributed by atoms with Crippen LogP contribution >= 0.6 is 0 Å². The largest absolute Gasteiger partial charge is 0.462 e. The van der Waals surface area contributed by atoms with Gasteiger partial charge in [0.25, 0.3) is 0 Å². The van der Waals surface area contributed by atoms with E-state index in [1.165, 1.54) is 13.8 Å². The lowest BCUT2D eigenvalue weighted by Gasteiger charge is -2.62. The van der Waals surface area contributed by atoms with E-state index in [0.29, 0.717) is 24.7 Å². The Balaban J connectivity index is 1.36. The summed E-state index contributed by atoms with van der Waals surface area (Å²) >= 11 is 0. The Bertz CT molecular complexity index is 1100. The van der Waals surface area contributed by atoms with Gasteiger partial charge in [0.2, 0.25) is 5.79 Å². The van der Waals surface area contributed by atoms with Gasteiger partial charge in [0.15, 0.2) is 0 Å². The van der Waals surface area contributed by atoms with Gasteiger partial charge < -0.3 is 29.2 Å². The molecule has 218 valence electrons. The lowest BCUT2D eigenvalue weighted by molar-refractivity contribution is -0.384. The van der Waals surface area contributed by atoms with Crippen molar-refractivity contribution in [1.82, 2.24) is 0 Å². The molecular formula is C31H46O8. The van der Waals surface area contributed by atoms with Gasteiger partial charge in [-0.05, 0) is 76.0 Å². The molecule has 0 spiro atoms. The Morgan fingerprint density at radius 1 is 1.00 bits per heavy atom. The monoisotopic (exact) mass is 546 g/mol. The summed E-state index contributed by atoms with van der Waals surface area (Å²) in [5.41, 5.74) is -3.51. The van der Waals surface area contributed by atoms with Gasteiger partial charge in [-0.25, -0.2) is 0 Å². The van der Waals surface area contributed by atoms with Gasteiger partial charge in [-0.1, -0.05) is 26.0 Å². The van der Waals surface area contributed by atoms with Crippen LogP contribution in [0.4, 0.5) is 0 Å². The van der Waals surface area contributed by atoms with Crippen molar-refractivity contribution in [2.45, 2.75) is 134 Å². The predicted octanol–water partition coefficient (Wildman–Crippen LogP) is 4.05. The van der Waals surface area contributed by atoms with Crippen LogP contribution < -0.4 is 0 Å². The van der Waals surface area contributed by atoms with Crippen LogP contribution in [0.15, 0.2) is 12.2 Å². The maximum atomic E-state index is 12.2. The first-order chi connectivity index (χ1) is 18.0. The van der Waals surface area contributed by atoms with Gasteiger partial charge in [-0.2, -0.15) is 0 Å². The van der Waals surface area contributed by atoms with Crippen molar-refractivity contribution in [3.8, 4) is 0 Å². The van der Waals surface area contributed by atoms with Crippen LogP contribution in [0.3, 0.4) is 0 Å². The Morgan fingerprint density at radius 3 is 2.33 bits per heavy atom. The number of esters is 2. The van der Waals surface area contributed by atoms with Gasteiger partial charge in [0.05, 0.1) is 11.7 Å². The van der Waals surface area contributed by atoms with Crippen LogP contribution in [-0.2, 0) is 28.5 Å². The number of aliphatic hydroxyl groups is 2. The zero-order valence-corrected chi connectivity index (χ0v) is 24.5. The molecule has 6 aliphatic rings. The molecule has 4 aliphatic carbocycles. The van der Waals surface area contributed by atoms with E-state index in [0.717, 1.165) is 32.1 Å². The second-order valence-electron chi connectivity index (χ2n) is 14.8. The van der Waals surface area contributed by atoms with E-state index in [4.69, 9.17) is 18.9 Å². The quantitative estimate of drug-likeness (QED) is 0.403. The van der Waals surface area contributed by atoms with E-state index in [9.17, 15) is 19.8 Å². The smallest absolute Gasteiger partial charge is 0.303 e. The summed E-state index contributed by atoms with van der Waals surface area (Å²) in [5, 5.41) is 23.2. The molecule has 3 saturated carbocycles. The molecule has 2 N–H and O–H groups in total. The zero-order valence-electron chi connectivity index (χ0n) is 24.5. The lowest BCUT2D eigenvalue weighted by atomic mass is 9.44. The van der Waals surface area contributed by atoms with E-state index in [2.05, 4.69) is 26.8 Å². The third-order valence-electron chi connectivity index (χ3n) is 12.3. The third-order valence-corrected chi connectivity index (χ3v) is 12.3. The highest BCUT2D eigenvalue weighted by Gasteiger charge is 2.76. The van der Waals surface area contributed by atoms with Crippen molar-refractivity contribution >= 4 is 11.9 Å². The second kappa shape index (κ2) is 8.30. The molecule has 2 bridgehead atoms. The molecule has 2 aliphatic heterocycles. The Hall–Kier alpha value is -1.48. The van der Waals surface area contributed by atoms with Crippen molar-refractivity contribution in [3.05, 3.63) is 12.2 Å². The number of allylic oxidation sites excluding steroid dienone is 1. The highest BCUT2D eigenvalue weighted by Crippen LogP contribution is 2.72. The van der Waals surface area contributed by atoms with Gasteiger partial charge in [0, 0.05) is 38.0 Å². The molecule has 6 rings (SSSR count). The molecule has 5 fully saturated rings. The van der Waals surface area contributed by atoms with E-state index in [-0.39, 0.29) is 46.8 Å². The molecule has 12 atom stereocenters. The van der Waals surface area contributed by atoms with Crippen molar-refractivity contribution in [3.63, 3.8) is 0 Å². The normalized spacial score (nSPS) is 53.7. The summed E-state index contributed by atoms with van der Waals surface area (Å²) in [7, 11) is 0. The Labute approximate surface area is 231 Å². The first-order valence-corrected chi connectivity index (χ1v) is 14.8. The minimum Gasteiger partial charge on any atom is -0.462 e. The fraction of sp³-hybridized carbons (Fsp3) is 0.871. The summed E-state index contributed by atoms with van der Waals surface area (Å²) in [6.07, 6.45) is 8.39. The summed E-state index contributed by atoms with van der Waals surface area (Å²) < 4.78 is 24.9. The highest BCUT2D eigenvalue weighted by molar-refractivity contribution is 5.66. The number of fused-ring (bicyclic) bond motifs is 10. The van der Waals surface area contributed by atoms with Gasteiger partial charge in [-0.15, -0.1) is 0 Å². The molecule has 0 unspecified atom stereocenters. The van der Waals surface area contributed by atoms with E-state index in [1.54, 1.807) is 13.8 Å². The topological polar surface area (TPSA) is 112 Å². The van der Waals surface area contributed by atoms with Gasteiger partial charge in [-0.3, -0.25) is 9.59 Å². The number of hydrogen-bond donors (Lipinski definition) is 2. The van der Waals surface area contributed by atoms with E-state index in [1.807, 2.05) is 6.08 Å². The average Bonchev–Trinajstić information content (AvgIpc) is 3.22. The Kier molecular flexibility index (Phi) is 5.89.